The molecule has 0 saturated heterocycles. The molecule has 0 aliphatic heterocycles. The maximum atomic E-state index is 13.5. The second-order valence-corrected chi connectivity index (χ2v) is 4.24. The van der Waals surface area contributed by atoms with Crippen molar-refractivity contribution in [2.24, 2.45) is 0 Å². The molecule has 1 nitrogen and oxygen atoms in total. The first-order valence-electron chi connectivity index (χ1n) is 5.42. The van der Waals surface area contributed by atoms with Crippen molar-refractivity contribution in [2.75, 3.05) is 0 Å². The third kappa shape index (κ3) is 2.07. The maximum Gasteiger partial charge on any atom is 0.132 e. The van der Waals surface area contributed by atoms with Crippen molar-refractivity contribution in [3.8, 4) is 0 Å². The summed E-state index contributed by atoms with van der Waals surface area (Å²) in [5, 5.41) is 9.71. The van der Waals surface area contributed by atoms with E-state index >= 15 is 0 Å². The minimum absolute atomic E-state index is 0.173. The minimum atomic E-state index is -0.927. The number of aliphatic hydroxyl groups is 1. The van der Waals surface area contributed by atoms with Gasteiger partial charge >= 0.3 is 0 Å². The minimum Gasteiger partial charge on any atom is -0.392 e. The van der Waals surface area contributed by atoms with E-state index < -0.39 is 29.5 Å². The fourth-order valence-electron chi connectivity index (χ4n) is 2.36. The lowest BCUT2D eigenvalue weighted by molar-refractivity contribution is 0.103. The third-order valence-corrected chi connectivity index (χ3v) is 3.14. The highest BCUT2D eigenvalue weighted by Gasteiger charge is 2.29. The summed E-state index contributed by atoms with van der Waals surface area (Å²) < 4.78 is 39.7. The van der Waals surface area contributed by atoms with Crippen LogP contribution in [-0.4, -0.2) is 11.2 Å². The van der Waals surface area contributed by atoms with Crippen LogP contribution in [0.15, 0.2) is 12.1 Å². The van der Waals surface area contributed by atoms with E-state index in [1.807, 2.05) is 0 Å². The van der Waals surface area contributed by atoms with E-state index in [1.54, 1.807) is 0 Å². The molecule has 0 spiro atoms. The van der Waals surface area contributed by atoms with Crippen molar-refractivity contribution >= 4 is 0 Å². The molecule has 1 aliphatic carbocycles. The van der Waals surface area contributed by atoms with Crippen LogP contribution in [-0.2, 0) is 0 Å². The monoisotopic (exact) mass is 230 g/mol. The zero-order valence-corrected chi connectivity index (χ0v) is 8.72. The Morgan fingerprint density at radius 1 is 1.00 bits per heavy atom. The Morgan fingerprint density at radius 3 is 2.12 bits per heavy atom. The molecule has 1 aromatic carbocycles. The van der Waals surface area contributed by atoms with Crippen molar-refractivity contribution in [1.29, 1.82) is 0 Å². The van der Waals surface area contributed by atoms with Crippen molar-refractivity contribution < 1.29 is 18.3 Å². The van der Waals surface area contributed by atoms with E-state index in [0.29, 0.717) is 25.0 Å². The highest BCUT2D eigenvalue weighted by molar-refractivity contribution is 5.26. The van der Waals surface area contributed by atoms with Gasteiger partial charge in [-0.15, -0.1) is 0 Å². The smallest absolute Gasteiger partial charge is 0.132 e. The van der Waals surface area contributed by atoms with Crippen LogP contribution in [0.5, 0.6) is 0 Å². The first-order chi connectivity index (χ1) is 7.59. The molecule has 0 amide bonds. The lowest BCUT2D eigenvalue weighted by Gasteiger charge is -2.28. The number of halogens is 3. The van der Waals surface area contributed by atoms with Crippen molar-refractivity contribution in [3.05, 3.63) is 35.1 Å². The van der Waals surface area contributed by atoms with E-state index in [1.165, 1.54) is 0 Å². The zero-order chi connectivity index (χ0) is 11.7. The first-order valence-corrected chi connectivity index (χ1v) is 5.42. The molecule has 0 bridgehead atoms. The highest BCUT2D eigenvalue weighted by Crippen LogP contribution is 2.35. The molecule has 2 unspecified atom stereocenters. The fourth-order valence-corrected chi connectivity index (χ4v) is 2.36. The fraction of sp³-hybridized carbons (Fsp3) is 0.500. The molecular weight excluding hydrogens is 217 g/mol. The lowest BCUT2D eigenvalue weighted by atomic mass is 9.81. The molecular formula is C12H13F3O. The molecule has 0 radical (unpaired) electrons. The largest absolute Gasteiger partial charge is 0.392 e. The topological polar surface area (TPSA) is 20.2 Å². The van der Waals surface area contributed by atoms with E-state index in [2.05, 4.69) is 0 Å². The molecule has 1 aliphatic rings. The molecule has 1 fully saturated rings. The van der Waals surface area contributed by atoms with Crippen LogP contribution in [0.3, 0.4) is 0 Å². The van der Waals surface area contributed by atoms with Gasteiger partial charge < -0.3 is 5.11 Å². The molecule has 2 rings (SSSR count). The van der Waals surface area contributed by atoms with Gasteiger partial charge in [-0.1, -0.05) is 12.8 Å². The van der Waals surface area contributed by atoms with Crippen LogP contribution >= 0.6 is 0 Å². The summed E-state index contributed by atoms with van der Waals surface area (Å²) in [7, 11) is 0. The van der Waals surface area contributed by atoms with Crippen molar-refractivity contribution in [1.82, 2.24) is 0 Å². The standard InChI is InChI=1S/C12H13F3O/c13-7-5-9(14)12(10(15)6-7)8-3-1-2-4-11(8)16/h5-6,8,11,16H,1-4H2. The van der Waals surface area contributed by atoms with E-state index in [4.69, 9.17) is 0 Å². The Morgan fingerprint density at radius 2 is 1.56 bits per heavy atom. The van der Waals surface area contributed by atoms with E-state index in [0.717, 1.165) is 12.8 Å². The predicted octanol–water partition coefficient (Wildman–Crippen LogP) is 3.12. The lowest BCUT2D eigenvalue weighted by Crippen LogP contribution is -2.24. The van der Waals surface area contributed by atoms with Gasteiger partial charge in [-0.2, -0.15) is 0 Å². The summed E-state index contributed by atoms with van der Waals surface area (Å²) in [5.74, 6) is -3.27. The Bertz CT molecular complexity index is 369. The quantitative estimate of drug-likeness (QED) is 0.785. The van der Waals surface area contributed by atoms with Crippen LogP contribution in [0.25, 0.3) is 0 Å². The second kappa shape index (κ2) is 4.45. The molecule has 0 heterocycles. The SMILES string of the molecule is OC1CCCCC1c1c(F)cc(F)cc1F. The average Bonchev–Trinajstić information content (AvgIpc) is 2.19. The van der Waals surface area contributed by atoms with Gasteiger partial charge in [0.1, 0.15) is 17.5 Å². The van der Waals surface area contributed by atoms with Gasteiger partial charge in [0.25, 0.3) is 0 Å². The molecule has 1 aromatic rings. The normalized spacial score (nSPS) is 25.8. The van der Waals surface area contributed by atoms with Crippen LogP contribution in [0, 0.1) is 17.5 Å². The third-order valence-electron chi connectivity index (χ3n) is 3.14. The number of aliphatic hydroxyl groups excluding tert-OH is 1. The predicted molar refractivity (Wildman–Crippen MR) is 53.5 cm³/mol. The van der Waals surface area contributed by atoms with Crippen LogP contribution in [0.4, 0.5) is 13.2 Å². The second-order valence-electron chi connectivity index (χ2n) is 4.24. The highest BCUT2D eigenvalue weighted by atomic mass is 19.1. The number of benzene rings is 1. The number of rotatable bonds is 1. The van der Waals surface area contributed by atoms with Crippen LogP contribution in [0.1, 0.15) is 37.2 Å². The average molecular weight is 230 g/mol. The van der Waals surface area contributed by atoms with Gasteiger partial charge in [-0.3, -0.25) is 0 Å². The van der Waals surface area contributed by atoms with Gasteiger partial charge in [0, 0.05) is 23.6 Å². The number of hydrogen-bond donors (Lipinski definition) is 1. The Labute approximate surface area is 91.9 Å². The summed E-state index contributed by atoms with van der Waals surface area (Å²) >= 11 is 0. The number of hydrogen-bond acceptors (Lipinski definition) is 1. The summed E-state index contributed by atoms with van der Waals surface area (Å²) in [6.45, 7) is 0. The van der Waals surface area contributed by atoms with Crippen molar-refractivity contribution in [3.63, 3.8) is 0 Å². The van der Waals surface area contributed by atoms with E-state index in [9.17, 15) is 18.3 Å². The maximum absolute atomic E-state index is 13.5. The summed E-state index contributed by atoms with van der Waals surface area (Å²) in [6.07, 6.45) is 2.05. The van der Waals surface area contributed by atoms with Gasteiger partial charge in [-0.05, 0) is 12.8 Å². The molecule has 88 valence electrons. The molecule has 4 heteroatoms. The van der Waals surface area contributed by atoms with Gasteiger partial charge in [0.2, 0.25) is 0 Å². The molecule has 1 N–H and O–H groups in total. The summed E-state index contributed by atoms with van der Waals surface area (Å²) in [4.78, 5) is 0. The van der Waals surface area contributed by atoms with Gasteiger partial charge in [0.15, 0.2) is 0 Å². The molecule has 1 saturated carbocycles. The first kappa shape index (κ1) is 11.5. The van der Waals surface area contributed by atoms with E-state index in [-0.39, 0.29) is 5.56 Å². The summed E-state index contributed by atoms with van der Waals surface area (Å²) in [6, 6.07) is 1.33. The Kier molecular flexibility index (Phi) is 3.19. The summed E-state index contributed by atoms with van der Waals surface area (Å²) in [5.41, 5.74) is -0.173. The Hall–Kier alpha value is -1.03. The van der Waals surface area contributed by atoms with Gasteiger partial charge in [-0.25, -0.2) is 13.2 Å². The molecule has 0 aromatic heterocycles. The van der Waals surface area contributed by atoms with Crippen molar-refractivity contribution in [2.45, 2.75) is 37.7 Å². The molecule has 16 heavy (non-hydrogen) atoms. The van der Waals surface area contributed by atoms with Crippen LogP contribution < -0.4 is 0 Å². The zero-order valence-electron chi connectivity index (χ0n) is 8.72. The van der Waals surface area contributed by atoms with Gasteiger partial charge in [0.05, 0.1) is 6.10 Å². The molecule has 2 atom stereocenters. The van der Waals surface area contributed by atoms with Crippen LogP contribution in [0.2, 0.25) is 0 Å². The Balaban J connectivity index is 2.38.